The zero-order chi connectivity index (χ0) is 14.0. The first-order chi connectivity index (χ1) is 8.97. The molecule has 0 fully saturated rings. The fraction of sp³-hybridized carbons (Fsp3) is 0.438. The molecule has 1 unspecified atom stereocenters. The summed E-state index contributed by atoms with van der Waals surface area (Å²) < 4.78 is 5.58. The first kappa shape index (κ1) is 13.8. The molecule has 1 heterocycles. The lowest BCUT2D eigenvalue weighted by molar-refractivity contribution is 0.431. The van der Waals surface area contributed by atoms with Crippen molar-refractivity contribution < 1.29 is 4.42 Å². The molecule has 19 heavy (non-hydrogen) atoms. The lowest BCUT2D eigenvalue weighted by atomic mass is 10.0. The highest BCUT2D eigenvalue weighted by molar-refractivity contribution is 5.32. The summed E-state index contributed by atoms with van der Waals surface area (Å²) >= 11 is 0. The van der Waals surface area contributed by atoms with E-state index < -0.39 is 0 Å². The highest BCUT2D eigenvalue weighted by Gasteiger charge is 2.10. The van der Waals surface area contributed by atoms with Gasteiger partial charge in [0, 0.05) is 6.04 Å². The fourth-order valence-electron chi connectivity index (χ4n) is 2.28. The summed E-state index contributed by atoms with van der Waals surface area (Å²) in [6.07, 6.45) is 0. The number of aryl methyl sites for hydroxylation is 4. The Bertz CT molecular complexity index is 553. The maximum atomic E-state index is 5.58. The number of hydrogen-bond acceptors (Lipinski definition) is 3. The SMILES string of the molecule is Cc1ccc(C(C)NCc2nc(C)c(C)o2)c(C)c1. The molecule has 0 bridgehead atoms. The van der Waals surface area contributed by atoms with Crippen molar-refractivity contribution in [3.05, 3.63) is 52.2 Å². The van der Waals surface area contributed by atoms with Gasteiger partial charge >= 0.3 is 0 Å². The fourth-order valence-corrected chi connectivity index (χ4v) is 2.28. The molecular formula is C16H22N2O. The van der Waals surface area contributed by atoms with Gasteiger partial charge < -0.3 is 9.73 Å². The van der Waals surface area contributed by atoms with Crippen molar-refractivity contribution in [1.82, 2.24) is 10.3 Å². The van der Waals surface area contributed by atoms with E-state index in [0.717, 1.165) is 17.3 Å². The van der Waals surface area contributed by atoms with Crippen LogP contribution in [0.5, 0.6) is 0 Å². The Labute approximate surface area is 115 Å². The van der Waals surface area contributed by atoms with Gasteiger partial charge in [0.15, 0.2) is 0 Å². The Hall–Kier alpha value is -1.61. The zero-order valence-electron chi connectivity index (χ0n) is 12.4. The number of aromatic nitrogens is 1. The lowest BCUT2D eigenvalue weighted by Crippen LogP contribution is -2.19. The molecule has 0 saturated heterocycles. The molecule has 0 aliphatic heterocycles. The third-order valence-electron chi connectivity index (χ3n) is 3.52. The Balaban J connectivity index is 2.03. The van der Waals surface area contributed by atoms with Crippen LogP contribution >= 0.6 is 0 Å². The third kappa shape index (κ3) is 3.24. The molecule has 2 aromatic rings. The molecular weight excluding hydrogens is 236 g/mol. The Morgan fingerprint density at radius 3 is 2.53 bits per heavy atom. The second kappa shape index (κ2) is 5.57. The van der Waals surface area contributed by atoms with Gasteiger partial charge in [0.25, 0.3) is 0 Å². The van der Waals surface area contributed by atoms with Crippen molar-refractivity contribution >= 4 is 0 Å². The summed E-state index contributed by atoms with van der Waals surface area (Å²) in [5, 5.41) is 3.46. The highest BCUT2D eigenvalue weighted by Crippen LogP contribution is 2.19. The van der Waals surface area contributed by atoms with Crippen LogP contribution in [0, 0.1) is 27.7 Å². The Morgan fingerprint density at radius 2 is 1.95 bits per heavy atom. The van der Waals surface area contributed by atoms with Gasteiger partial charge in [-0.25, -0.2) is 4.98 Å². The summed E-state index contributed by atoms with van der Waals surface area (Å²) in [5.74, 6) is 1.66. The molecule has 1 N–H and O–H groups in total. The van der Waals surface area contributed by atoms with Gasteiger partial charge in [0.1, 0.15) is 5.76 Å². The summed E-state index contributed by atoms with van der Waals surface area (Å²) in [6, 6.07) is 6.84. The van der Waals surface area contributed by atoms with Crippen molar-refractivity contribution in [3.63, 3.8) is 0 Å². The standard InChI is InChI=1S/C16H22N2O/c1-10-6-7-15(11(2)8-10)13(4)17-9-16-18-12(3)14(5)19-16/h6-8,13,17H,9H2,1-5H3. The largest absolute Gasteiger partial charge is 0.444 e. The van der Waals surface area contributed by atoms with Gasteiger partial charge in [-0.1, -0.05) is 23.8 Å². The van der Waals surface area contributed by atoms with E-state index in [2.05, 4.69) is 49.3 Å². The van der Waals surface area contributed by atoms with Gasteiger partial charge in [-0.15, -0.1) is 0 Å². The Morgan fingerprint density at radius 1 is 1.21 bits per heavy atom. The Kier molecular flexibility index (Phi) is 4.05. The maximum Gasteiger partial charge on any atom is 0.208 e. The third-order valence-corrected chi connectivity index (χ3v) is 3.52. The van der Waals surface area contributed by atoms with Gasteiger partial charge in [0.05, 0.1) is 12.2 Å². The normalized spacial score (nSPS) is 12.7. The van der Waals surface area contributed by atoms with Crippen LogP contribution in [0.1, 0.15) is 47.0 Å². The molecule has 0 saturated carbocycles. The molecule has 0 radical (unpaired) electrons. The second-order valence-electron chi connectivity index (χ2n) is 5.21. The minimum absolute atomic E-state index is 0.285. The predicted octanol–water partition coefficient (Wildman–Crippen LogP) is 3.76. The minimum Gasteiger partial charge on any atom is -0.444 e. The molecule has 0 spiro atoms. The van der Waals surface area contributed by atoms with E-state index in [1.807, 2.05) is 13.8 Å². The van der Waals surface area contributed by atoms with E-state index in [4.69, 9.17) is 4.42 Å². The highest BCUT2D eigenvalue weighted by atomic mass is 16.4. The number of nitrogens with one attached hydrogen (secondary N) is 1. The second-order valence-corrected chi connectivity index (χ2v) is 5.21. The van der Waals surface area contributed by atoms with Crippen LogP contribution in [0.3, 0.4) is 0 Å². The quantitative estimate of drug-likeness (QED) is 0.907. The number of rotatable bonds is 4. The lowest BCUT2D eigenvalue weighted by Gasteiger charge is -2.16. The summed E-state index contributed by atoms with van der Waals surface area (Å²) in [7, 11) is 0. The van der Waals surface area contributed by atoms with Crippen LogP contribution in [-0.2, 0) is 6.54 Å². The molecule has 0 aliphatic carbocycles. The van der Waals surface area contributed by atoms with Crippen LogP contribution in [0.25, 0.3) is 0 Å². The maximum absolute atomic E-state index is 5.58. The van der Waals surface area contributed by atoms with E-state index in [9.17, 15) is 0 Å². The molecule has 2 rings (SSSR count). The summed E-state index contributed by atoms with van der Waals surface area (Å²) in [4.78, 5) is 4.38. The summed E-state index contributed by atoms with van der Waals surface area (Å²) in [6.45, 7) is 11.0. The van der Waals surface area contributed by atoms with E-state index in [0.29, 0.717) is 6.54 Å². The number of oxazole rings is 1. The molecule has 0 aliphatic rings. The van der Waals surface area contributed by atoms with Crippen molar-refractivity contribution in [3.8, 4) is 0 Å². The zero-order valence-corrected chi connectivity index (χ0v) is 12.4. The number of benzene rings is 1. The average Bonchev–Trinajstić information content (AvgIpc) is 2.66. The van der Waals surface area contributed by atoms with Gasteiger partial charge in [-0.05, 0) is 45.7 Å². The van der Waals surface area contributed by atoms with Crippen LogP contribution < -0.4 is 5.32 Å². The van der Waals surface area contributed by atoms with E-state index >= 15 is 0 Å². The molecule has 3 nitrogen and oxygen atoms in total. The predicted molar refractivity (Wildman–Crippen MR) is 77.1 cm³/mol. The molecule has 102 valence electrons. The molecule has 3 heteroatoms. The smallest absolute Gasteiger partial charge is 0.208 e. The minimum atomic E-state index is 0.285. The van der Waals surface area contributed by atoms with Crippen LogP contribution in [-0.4, -0.2) is 4.98 Å². The van der Waals surface area contributed by atoms with Crippen LogP contribution in [0.4, 0.5) is 0 Å². The monoisotopic (exact) mass is 258 g/mol. The van der Waals surface area contributed by atoms with E-state index in [-0.39, 0.29) is 6.04 Å². The molecule has 0 amide bonds. The van der Waals surface area contributed by atoms with Gasteiger partial charge in [-0.3, -0.25) is 0 Å². The van der Waals surface area contributed by atoms with E-state index in [1.54, 1.807) is 0 Å². The van der Waals surface area contributed by atoms with Crippen molar-refractivity contribution in [2.75, 3.05) is 0 Å². The number of hydrogen-bond donors (Lipinski definition) is 1. The van der Waals surface area contributed by atoms with Crippen LogP contribution in [0.15, 0.2) is 22.6 Å². The van der Waals surface area contributed by atoms with Gasteiger partial charge in [-0.2, -0.15) is 0 Å². The average molecular weight is 258 g/mol. The van der Waals surface area contributed by atoms with Gasteiger partial charge in [0.2, 0.25) is 5.89 Å². The summed E-state index contributed by atoms with van der Waals surface area (Å²) in [5.41, 5.74) is 4.91. The molecule has 1 aromatic carbocycles. The molecule has 1 aromatic heterocycles. The number of nitrogens with zero attached hydrogens (tertiary/aromatic N) is 1. The molecule has 1 atom stereocenters. The van der Waals surface area contributed by atoms with Crippen LogP contribution in [0.2, 0.25) is 0 Å². The first-order valence-electron chi connectivity index (χ1n) is 6.71. The topological polar surface area (TPSA) is 38.1 Å². The van der Waals surface area contributed by atoms with Crippen molar-refractivity contribution in [2.45, 2.75) is 47.2 Å². The van der Waals surface area contributed by atoms with Crippen molar-refractivity contribution in [2.24, 2.45) is 0 Å². The first-order valence-corrected chi connectivity index (χ1v) is 6.71. The van der Waals surface area contributed by atoms with E-state index in [1.165, 1.54) is 16.7 Å². The van der Waals surface area contributed by atoms with Crippen molar-refractivity contribution in [1.29, 1.82) is 0 Å².